The minimum absolute atomic E-state index is 0.240. The van der Waals surface area contributed by atoms with Crippen molar-refractivity contribution >= 4 is 31.4 Å². The Morgan fingerprint density at radius 3 is 0.944 bits per heavy atom. The number of hydrogen-bond donors (Lipinski definition) is 2. The van der Waals surface area contributed by atoms with E-state index < -0.39 is 6.16 Å². The predicted molar refractivity (Wildman–Crippen MR) is 160 cm³/mol. The van der Waals surface area contributed by atoms with Crippen molar-refractivity contribution in [1.82, 2.24) is 0 Å². The van der Waals surface area contributed by atoms with Crippen LogP contribution in [0, 0.1) is 0 Å². The quantitative estimate of drug-likeness (QED) is 0.235. The minimum atomic E-state index is -0.723. The molecular weight excluding hydrogens is 484 g/mol. The fraction of sp³-hybridized carbons (Fsp3) is 0.581. The van der Waals surface area contributed by atoms with Gasteiger partial charge in [-0.2, -0.15) is 25.3 Å². The van der Waals surface area contributed by atoms with E-state index in [4.69, 9.17) is 9.47 Å². The van der Waals surface area contributed by atoms with E-state index in [1.165, 1.54) is 0 Å². The molecule has 0 heterocycles. The molecule has 0 radical (unpaired) electrons. The maximum atomic E-state index is 13.5. The van der Waals surface area contributed by atoms with Crippen LogP contribution in [-0.4, -0.2) is 6.16 Å². The molecule has 0 aromatic heterocycles. The summed E-state index contributed by atoms with van der Waals surface area (Å²) in [4.78, 5) is 13.5. The van der Waals surface area contributed by atoms with Crippen LogP contribution in [0.2, 0.25) is 0 Å². The van der Waals surface area contributed by atoms with Gasteiger partial charge in [0.05, 0.1) is 0 Å². The van der Waals surface area contributed by atoms with Gasteiger partial charge in [-0.1, -0.05) is 107 Å². The Balaban J connectivity index is 2.71. The van der Waals surface area contributed by atoms with Crippen molar-refractivity contribution in [2.24, 2.45) is 0 Å². The molecule has 0 aliphatic heterocycles. The van der Waals surface area contributed by atoms with Crippen molar-refractivity contribution in [2.45, 2.75) is 116 Å². The van der Waals surface area contributed by atoms with Crippen LogP contribution >= 0.6 is 25.3 Å². The van der Waals surface area contributed by atoms with Crippen molar-refractivity contribution in [3.63, 3.8) is 0 Å². The van der Waals surface area contributed by atoms with Gasteiger partial charge in [0, 0.05) is 33.8 Å². The van der Waals surface area contributed by atoms with Crippen LogP contribution in [0.4, 0.5) is 4.79 Å². The van der Waals surface area contributed by atoms with E-state index in [2.05, 4.69) is 133 Å². The number of ether oxygens (including phenoxy) is 2. The van der Waals surface area contributed by atoms with Crippen LogP contribution in [0.3, 0.4) is 0 Å². The van der Waals surface area contributed by atoms with Crippen LogP contribution in [0.1, 0.15) is 116 Å². The van der Waals surface area contributed by atoms with Gasteiger partial charge in [0.2, 0.25) is 0 Å². The van der Waals surface area contributed by atoms with Gasteiger partial charge in [0.25, 0.3) is 0 Å². The first kappa shape index (κ1) is 30.6. The first-order valence-corrected chi connectivity index (χ1v) is 13.9. The Labute approximate surface area is 230 Å². The molecule has 2 aromatic rings. The fourth-order valence-electron chi connectivity index (χ4n) is 4.20. The molecule has 2 rings (SSSR count). The van der Waals surface area contributed by atoms with Crippen molar-refractivity contribution in [3.05, 3.63) is 57.6 Å². The lowest BCUT2D eigenvalue weighted by molar-refractivity contribution is 0.148. The average molecular weight is 531 g/mol. The number of rotatable bonds is 4. The lowest BCUT2D eigenvalue weighted by Gasteiger charge is -2.31. The predicted octanol–water partition coefficient (Wildman–Crippen LogP) is 9.31. The highest BCUT2D eigenvalue weighted by Gasteiger charge is 2.32. The molecule has 36 heavy (non-hydrogen) atoms. The molecular formula is C31H46O3S2. The number of carbonyl (C=O) groups is 1. The van der Waals surface area contributed by atoms with Gasteiger partial charge in [-0.15, -0.1) is 0 Å². The highest BCUT2D eigenvalue weighted by molar-refractivity contribution is 7.79. The zero-order valence-corrected chi connectivity index (χ0v) is 26.1. The summed E-state index contributed by atoms with van der Waals surface area (Å²) in [6, 6.07) is 8.36. The van der Waals surface area contributed by atoms with E-state index in [1.54, 1.807) is 0 Å². The summed E-state index contributed by atoms with van der Waals surface area (Å²) in [5.74, 6) is 2.37. The highest BCUT2D eigenvalue weighted by Crippen LogP contribution is 2.43. The van der Waals surface area contributed by atoms with Crippen LogP contribution in [0.15, 0.2) is 24.3 Å². The second-order valence-corrected chi connectivity index (χ2v) is 14.4. The second-order valence-electron chi connectivity index (χ2n) is 13.8. The summed E-state index contributed by atoms with van der Waals surface area (Å²) in [6.07, 6.45) is -0.723. The van der Waals surface area contributed by atoms with Crippen LogP contribution < -0.4 is 9.47 Å². The van der Waals surface area contributed by atoms with Gasteiger partial charge in [-0.3, -0.25) is 0 Å². The number of thiol groups is 2. The molecule has 5 heteroatoms. The van der Waals surface area contributed by atoms with Gasteiger partial charge < -0.3 is 9.47 Å². The maximum Gasteiger partial charge on any atom is 0.519 e. The van der Waals surface area contributed by atoms with E-state index in [1.807, 2.05) is 0 Å². The molecule has 0 aliphatic rings. The average Bonchev–Trinajstić information content (AvgIpc) is 2.70. The van der Waals surface area contributed by atoms with E-state index in [0.29, 0.717) is 23.0 Å². The summed E-state index contributed by atoms with van der Waals surface area (Å²) in [6.45, 7) is 25.5. The molecule has 200 valence electrons. The Morgan fingerprint density at radius 2 is 0.778 bits per heavy atom. The molecule has 2 aromatic carbocycles. The number of hydrogen-bond acceptors (Lipinski definition) is 5. The number of carbonyl (C=O) groups excluding carboxylic acids is 1. The Bertz CT molecular complexity index is 947. The van der Waals surface area contributed by atoms with Gasteiger partial charge in [-0.25, -0.2) is 4.79 Å². The van der Waals surface area contributed by atoms with Gasteiger partial charge in [-0.05, 0) is 32.8 Å². The maximum absolute atomic E-state index is 13.5. The summed E-state index contributed by atoms with van der Waals surface area (Å²) in [5.41, 5.74) is 5.10. The zero-order valence-electron chi connectivity index (χ0n) is 24.3. The van der Waals surface area contributed by atoms with Crippen molar-refractivity contribution in [2.75, 3.05) is 0 Å². The third-order valence-electron chi connectivity index (χ3n) is 6.27. The molecule has 0 fully saturated rings. The van der Waals surface area contributed by atoms with E-state index in [0.717, 1.165) is 33.4 Å². The molecule has 0 saturated carbocycles. The standard InChI is InChI=1S/C31H46O3S2/c1-28(2,3)21-13-19(17-35)14-22(29(4,5)6)25(21)33-27(32)34-26-23(30(7,8)9)15-20(18-36)16-24(26)31(10,11)12/h13-16,35-36H,17-18H2,1-12H3. The molecule has 0 atom stereocenters. The van der Waals surface area contributed by atoms with Gasteiger partial charge in [0.1, 0.15) is 11.5 Å². The van der Waals surface area contributed by atoms with Gasteiger partial charge in [0.15, 0.2) is 0 Å². The molecule has 0 spiro atoms. The van der Waals surface area contributed by atoms with Crippen molar-refractivity contribution in [1.29, 1.82) is 0 Å². The molecule has 0 bridgehead atoms. The zero-order chi connectivity index (χ0) is 27.9. The first-order valence-electron chi connectivity index (χ1n) is 12.7. The Morgan fingerprint density at radius 1 is 0.556 bits per heavy atom. The largest absolute Gasteiger partial charge is 0.519 e. The van der Waals surface area contributed by atoms with Crippen LogP contribution in [-0.2, 0) is 33.2 Å². The smallest absolute Gasteiger partial charge is 0.394 e. The van der Waals surface area contributed by atoms with E-state index in [-0.39, 0.29) is 21.7 Å². The summed E-state index contributed by atoms with van der Waals surface area (Å²) in [7, 11) is 0. The topological polar surface area (TPSA) is 35.5 Å². The van der Waals surface area contributed by atoms with E-state index >= 15 is 0 Å². The Kier molecular flexibility index (Phi) is 9.06. The Hall–Kier alpha value is -1.59. The summed E-state index contributed by atoms with van der Waals surface area (Å²) < 4.78 is 12.2. The van der Waals surface area contributed by atoms with Crippen LogP contribution in [0.25, 0.3) is 0 Å². The highest BCUT2D eigenvalue weighted by atomic mass is 32.1. The molecule has 0 N–H and O–H groups in total. The lowest BCUT2D eigenvalue weighted by Crippen LogP contribution is -2.26. The number of benzene rings is 2. The lowest BCUT2D eigenvalue weighted by atomic mass is 9.78. The van der Waals surface area contributed by atoms with Crippen molar-refractivity contribution < 1.29 is 14.3 Å². The van der Waals surface area contributed by atoms with Gasteiger partial charge >= 0.3 is 6.16 Å². The van der Waals surface area contributed by atoms with Crippen LogP contribution in [0.5, 0.6) is 11.5 Å². The monoisotopic (exact) mass is 530 g/mol. The second kappa shape index (κ2) is 10.6. The summed E-state index contributed by atoms with van der Waals surface area (Å²) >= 11 is 9.04. The molecule has 0 aliphatic carbocycles. The minimum Gasteiger partial charge on any atom is -0.394 e. The molecule has 0 saturated heterocycles. The first-order chi connectivity index (χ1) is 16.2. The third-order valence-corrected chi connectivity index (χ3v) is 7.00. The molecule has 3 nitrogen and oxygen atoms in total. The molecule has 0 unspecified atom stereocenters. The SMILES string of the molecule is CC(C)(C)c1cc(CS)cc(C(C)(C)C)c1OC(=O)Oc1c(C(C)(C)C)cc(CS)cc1C(C)(C)C. The normalized spacial score (nSPS) is 13.1. The van der Waals surface area contributed by atoms with Crippen molar-refractivity contribution in [3.8, 4) is 11.5 Å². The fourth-order valence-corrected chi connectivity index (χ4v) is 4.56. The molecule has 0 amide bonds. The van der Waals surface area contributed by atoms with E-state index in [9.17, 15) is 4.79 Å². The third kappa shape index (κ3) is 7.25. The summed E-state index contributed by atoms with van der Waals surface area (Å²) in [5, 5.41) is 0.